The van der Waals surface area contributed by atoms with Crippen LogP contribution in [0.15, 0.2) is 47.6 Å². The van der Waals surface area contributed by atoms with Crippen LogP contribution >= 0.6 is 11.8 Å². The minimum atomic E-state index is -4.50. The molecular formula is C22H22F3N5O2S. The molecule has 0 saturated carbocycles. The number of thioether (sulfide) groups is 1. The fourth-order valence-electron chi connectivity index (χ4n) is 3.12. The highest BCUT2D eigenvalue weighted by Crippen LogP contribution is 2.30. The Morgan fingerprint density at radius 2 is 1.64 bits per heavy atom. The lowest BCUT2D eigenvalue weighted by Gasteiger charge is -2.10. The topological polar surface area (TPSA) is 88.9 Å². The third kappa shape index (κ3) is 6.82. The minimum Gasteiger partial charge on any atom is -0.326 e. The molecule has 0 saturated heterocycles. The van der Waals surface area contributed by atoms with Crippen LogP contribution in [0, 0.1) is 13.8 Å². The molecule has 1 aromatic heterocycles. The standard InChI is InChI=1S/C22H22F3N5O2S/c1-13-7-14(2)9-17(8-13)27-20(32)12-33-21-29-28-18(30(21)3)11-19(31)26-16-6-4-5-15(10-16)22(23,24)25/h4-10H,11-12H2,1-3H3,(H,26,31)(H,27,32). The number of carbonyl (C=O) groups is 2. The van der Waals surface area contributed by atoms with E-state index in [4.69, 9.17) is 0 Å². The fourth-order valence-corrected chi connectivity index (χ4v) is 3.85. The number of hydrogen-bond donors (Lipinski definition) is 2. The molecule has 0 aliphatic heterocycles. The number of aromatic nitrogens is 3. The van der Waals surface area contributed by atoms with E-state index in [1.165, 1.54) is 12.1 Å². The lowest BCUT2D eigenvalue weighted by atomic mass is 10.1. The van der Waals surface area contributed by atoms with E-state index in [1.807, 2.05) is 32.0 Å². The summed E-state index contributed by atoms with van der Waals surface area (Å²) in [6, 6.07) is 10.1. The number of carbonyl (C=O) groups excluding carboxylic acids is 2. The van der Waals surface area contributed by atoms with Gasteiger partial charge in [-0.15, -0.1) is 10.2 Å². The maximum Gasteiger partial charge on any atom is 0.416 e. The molecule has 0 radical (unpaired) electrons. The molecule has 2 amide bonds. The Balaban J connectivity index is 1.56. The molecule has 33 heavy (non-hydrogen) atoms. The number of rotatable bonds is 7. The number of anilines is 2. The van der Waals surface area contributed by atoms with Crippen LogP contribution in [0.4, 0.5) is 24.5 Å². The summed E-state index contributed by atoms with van der Waals surface area (Å²) >= 11 is 1.16. The zero-order valence-corrected chi connectivity index (χ0v) is 19.0. The van der Waals surface area contributed by atoms with E-state index in [2.05, 4.69) is 20.8 Å². The summed E-state index contributed by atoms with van der Waals surface area (Å²) in [5.74, 6) is -0.336. The van der Waals surface area contributed by atoms with Crippen molar-refractivity contribution in [3.63, 3.8) is 0 Å². The molecule has 1 heterocycles. The van der Waals surface area contributed by atoms with Gasteiger partial charge >= 0.3 is 6.18 Å². The number of aryl methyl sites for hydroxylation is 2. The highest BCUT2D eigenvalue weighted by molar-refractivity contribution is 7.99. The van der Waals surface area contributed by atoms with Crippen molar-refractivity contribution in [1.29, 1.82) is 0 Å². The number of nitrogens with one attached hydrogen (secondary N) is 2. The Kier molecular flexibility index (Phi) is 7.42. The van der Waals surface area contributed by atoms with Gasteiger partial charge in [-0.1, -0.05) is 23.9 Å². The number of alkyl halides is 3. The van der Waals surface area contributed by atoms with Crippen molar-refractivity contribution < 1.29 is 22.8 Å². The van der Waals surface area contributed by atoms with Crippen molar-refractivity contribution in [3.8, 4) is 0 Å². The van der Waals surface area contributed by atoms with Crippen LogP contribution in [0.3, 0.4) is 0 Å². The third-order valence-corrected chi connectivity index (χ3v) is 5.58. The summed E-state index contributed by atoms with van der Waals surface area (Å²) < 4.78 is 40.1. The van der Waals surface area contributed by atoms with Gasteiger partial charge in [0.25, 0.3) is 0 Å². The van der Waals surface area contributed by atoms with E-state index >= 15 is 0 Å². The molecule has 3 rings (SSSR count). The van der Waals surface area contributed by atoms with E-state index in [-0.39, 0.29) is 23.8 Å². The lowest BCUT2D eigenvalue weighted by Crippen LogP contribution is -2.18. The second-order valence-corrected chi connectivity index (χ2v) is 8.42. The summed E-state index contributed by atoms with van der Waals surface area (Å²) in [6.07, 6.45) is -4.68. The van der Waals surface area contributed by atoms with Crippen LogP contribution in [0.5, 0.6) is 0 Å². The molecule has 2 N–H and O–H groups in total. The molecule has 0 aliphatic rings. The monoisotopic (exact) mass is 477 g/mol. The summed E-state index contributed by atoms with van der Waals surface area (Å²) in [5, 5.41) is 13.7. The maximum atomic E-state index is 12.8. The molecule has 7 nitrogen and oxygen atoms in total. The largest absolute Gasteiger partial charge is 0.416 e. The molecule has 174 valence electrons. The van der Waals surface area contributed by atoms with Crippen molar-refractivity contribution >= 4 is 35.0 Å². The summed E-state index contributed by atoms with van der Waals surface area (Å²) in [7, 11) is 1.65. The quantitative estimate of drug-likeness (QED) is 0.494. The van der Waals surface area contributed by atoms with Gasteiger partial charge in [0.15, 0.2) is 5.16 Å². The van der Waals surface area contributed by atoms with E-state index < -0.39 is 17.6 Å². The Morgan fingerprint density at radius 3 is 2.30 bits per heavy atom. The van der Waals surface area contributed by atoms with Crippen LogP contribution in [-0.4, -0.2) is 32.3 Å². The Hall–Kier alpha value is -3.34. The Morgan fingerprint density at radius 1 is 0.970 bits per heavy atom. The molecule has 0 spiro atoms. The van der Waals surface area contributed by atoms with Crippen molar-refractivity contribution in [2.75, 3.05) is 16.4 Å². The molecule has 11 heteroatoms. The van der Waals surface area contributed by atoms with Gasteiger partial charge in [-0.05, 0) is 55.3 Å². The van der Waals surface area contributed by atoms with Gasteiger partial charge in [0.1, 0.15) is 5.82 Å². The molecule has 0 unspecified atom stereocenters. The van der Waals surface area contributed by atoms with Gasteiger partial charge in [-0.25, -0.2) is 0 Å². The van der Waals surface area contributed by atoms with Crippen molar-refractivity contribution in [1.82, 2.24) is 14.8 Å². The first-order valence-electron chi connectivity index (χ1n) is 9.87. The summed E-state index contributed by atoms with van der Waals surface area (Å²) in [5.41, 5.74) is 1.98. The van der Waals surface area contributed by atoms with E-state index in [9.17, 15) is 22.8 Å². The maximum absolute atomic E-state index is 12.8. The smallest absolute Gasteiger partial charge is 0.326 e. The van der Waals surface area contributed by atoms with Crippen LogP contribution < -0.4 is 10.6 Å². The third-order valence-electron chi connectivity index (χ3n) is 4.56. The number of nitrogens with zero attached hydrogens (tertiary/aromatic N) is 3. The first kappa shape index (κ1) is 24.3. The Bertz CT molecular complexity index is 1160. The van der Waals surface area contributed by atoms with E-state index in [0.717, 1.165) is 35.0 Å². The average Bonchev–Trinajstić information content (AvgIpc) is 3.04. The average molecular weight is 478 g/mol. The van der Waals surface area contributed by atoms with Gasteiger partial charge in [0.05, 0.1) is 17.7 Å². The van der Waals surface area contributed by atoms with Gasteiger partial charge in [-0.2, -0.15) is 13.2 Å². The highest BCUT2D eigenvalue weighted by Gasteiger charge is 2.30. The van der Waals surface area contributed by atoms with Crippen molar-refractivity contribution in [3.05, 3.63) is 65.0 Å². The van der Waals surface area contributed by atoms with Gasteiger partial charge in [0.2, 0.25) is 11.8 Å². The van der Waals surface area contributed by atoms with E-state index in [0.29, 0.717) is 16.7 Å². The first-order valence-corrected chi connectivity index (χ1v) is 10.9. The molecule has 0 aliphatic carbocycles. The molecule has 0 fully saturated rings. The van der Waals surface area contributed by atoms with Crippen LogP contribution in [0.2, 0.25) is 0 Å². The van der Waals surface area contributed by atoms with Gasteiger partial charge in [-0.3, -0.25) is 9.59 Å². The zero-order valence-electron chi connectivity index (χ0n) is 18.2. The number of amides is 2. The molecule has 2 aromatic carbocycles. The van der Waals surface area contributed by atoms with Crippen LogP contribution in [0.25, 0.3) is 0 Å². The normalized spacial score (nSPS) is 11.3. The van der Waals surface area contributed by atoms with Gasteiger partial charge < -0.3 is 15.2 Å². The van der Waals surface area contributed by atoms with E-state index in [1.54, 1.807) is 11.6 Å². The van der Waals surface area contributed by atoms with Crippen LogP contribution in [-0.2, 0) is 29.2 Å². The minimum absolute atomic E-state index is 0.0367. The molecule has 0 atom stereocenters. The predicted octanol–water partition coefficient (Wildman–Crippen LogP) is 4.36. The SMILES string of the molecule is Cc1cc(C)cc(NC(=O)CSc2nnc(CC(=O)Nc3cccc(C(F)(F)F)c3)n2C)c1. The lowest BCUT2D eigenvalue weighted by molar-refractivity contribution is -0.137. The van der Waals surface area contributed by atoms with Crippen molar-refractivity contribution in [2.24, 2.45) is 7.05 Å². The first-order chi connectivity index (χ1) is 15.5. The summed E-state index contributed by atoms with van der Waals surface area (Å²) in [6.45, 7) is 3.89. The fraction of sp³-hybridized carbons (Fsp3) is 0.273. The van der Waals surface area contributed by atoms with Gasteiger partial charge in [0, 0.05) is 18.4 Å². The second-order valence-electron chi connectivity index (χ2n) is 7.47. The Labute approximate surface area is 192 Å². The number of halogens is 3. The molecule has 3 aromatic rings. The van der Waals surface area contributed by atoms with Crippen LogP contribution in [0.1, 0.15) is 22.5 Å². The highest BCUT2D eigenvalue weighted by atomic mass is 32.2. The van der Waals surface area contributed by atoms with Crippen molar-refractivity contribution in [2.45, 2.75) is 31.6 Å². The number of benzene rings is 2. The number of hydrogen-bond acceptors (Lipinski definition) is 5. The molecule has 0 bridgehead atoms. The summed E-state index contributed by atoms with van der Waals surface area (Å²) in [4.78, 5) is 24.6. The predicted molar refractivity (Wildman–Crippen MR) is 120 cm³/mol. The zero-order chi connectivity index (χ0) is 24.2. The second kappa shape index (κ2) is 10.1. The molecular weight excluding hydrogens is 455 g/mol.